The van der Waals surface area contributed by atoms with E-state index in [1.165, 1.54) is 0 Å². The Morgan fingerprint density at radius 1 is 1.25 bits per heavy atom. The maximum absolute atomic E-state index is 4.93. The number of hydrogen-bond donors (Lipinski definition) is 0. The summed E-state index contributed by atoms with van der Waals surface area (Å²) in [5, 5.41) is 0. The van der Waals surface area contributed by atoms with Gasteiger partial charge in [-0.05, 0) is 0 Å². The average Bonchev–Trinajstić information content (AvgIpc) is 0.918. The van der Waals surface area contributed by atoms with Gasteiger partial charge in [0.15, 0.2) is 0 Å². The van der Waals surface area contributed by atoms with Gasteiger partial charge in [-0.2, -0.15) is 0 Å². The molecule has 0 N–H and O–H groups in total. The van der Waals surface area contributed by atoms with E-state index in [9.17, 15) is 0 Å². The van der Waals surface area contributed by atoms with E-state index in [4.69, 9.17) is 17.8 Å². The Morgan fingerprint density at radius 3 is 1.25 bits per heavy atom. The quantitative estimate of drug-likeness (QED) is 0.547. The molecule has 0 unspecified atom stereocenters. The van der Waals surface area contributed by atoms with E-state index >= 15 is 0 Å². The summed E-state index contributed by atoms with van der Waals surface area (Å²) in [6.07, 6.45) is 0. The fourth-order valence-corrected chi connectivity index (χ4v) is 0. The predicted molar refractivity (Wildman–Crippen MR) is 17.5 cm³/mol. The molecule has 0 spiro atoms. The molecule has 4 heteroatoms. The Morgan fingerprint density at radius 2 is 1.25 bits per heavy atom. The molecule has 0 heterocycles. The zero-order valence-electron chi connectivity index (χ0n) is 1.57. The predicted octanol–water partition coefficient (Wildman–Crippen LogP) is 0.996. The third kappa shape index (κ3) is 8.95. The van der Waals surface area contributed by atoms with Gasteiger partial charge in [-0.3, -0.25) is 0 Å². The van der Waals surface area contributed by atoms with Crippen molar-refractivity contribution in [3.8, 4) is 0 Å². The first-order valence-corrected chi connectivity index (χ1v) is 7.61. The zero-order chi connectivity index (χ0) is 2.71. The van der Waals surface area contributed by atoms with Gasteiger partial charge < -0.3 is 0 Å². The van der Waals surface area contributed by atoms with Crippen LogP contribution in [0.3, 0.4) is 0 Å². The smallest absolute Gasteiger partial charge is 4.00 e. The van der Waals surface area contributed by atoms with Gasteiger partial charge in [-0.25, -0.2) is 0 Å². The molecule has 0 aliphatic rings. The van der Waals surface area contributed by atoms with Crippen molar-refractivity contribution in [1.29, 1.82) is 0 Å². The Labute approximate surface area is 57.2 Å². The second-order valence-electron chi connectivity index (χ2n) is 0.0714. The van der Waals surface area contributed by atoms with Crippen LogP contribution in [-0.4, -0.2) is 18.9 Å². The molecule has 0 aromatic rings. The van der Waals surface area contributed by atoms with Crippen LogP contribution in [0.4, 0.5) is 0 Å². The molecule has 0 aromatic carbocycles. The van der Waals surface area contributed by atoms with Crippen molar-refractivity contribution in [2.45, 2.75) is 0 Å². The fraction of sp³-hybridized carbons (Fsp3) is 0. The van der Waals surface area contributed by atoms with E-state index in [2.05, 4.69) is 0 Å². The third-order valence-corrected chi connectivity index (χ3v) is 0. The molecule has 0 nitrogen and oxygen atoms in total. The largest absolute Gasteiger partial charge is 4.00 e. The van der Waals surface area contributed by atoms with Gasteiger partial charge in [0.25, 0.3) is 0 Å². The van der Waals surface area contributed by atoms with Gasteiger partial charge in [-0.1, -0.05) is 0 Å². The molecule has 0 rings (SSSR count). The third-order valence-electron chi connectivity index (χ3n) is 0. The Balaban J connectivity index is 0. The molecule has 0 saturated heterocycles. The first-order valence-electron chi connectivity index (χ1n) is 0.378. The maximum atomic E-state index is 4.93. The molecule has 0 aromatic heterocycles. The van der Waals surface area contributed by atoms with E-state index in [1.807, 2.05) is 0 Å². The van der Waals surface area contributed by atoms with Gasteiger partial charge in [0.05, 0.1) is 0 Å². The number of hydrogen-bond acceptors (Lipinski definition) is 0. The maximum Gasteiger partial charge on any atom is 4.00 e. The minimum atomic E-state index is -0.826. The van der Waals surface area contributed by atoms with Crippen molar-refractivity contribution in [2.75, 3.05) is 0 Å². The van der Waals surface area contributed by atoms with Crippen molar-refractivity contribution in [1.82, 2.24) is 0 Å². The van der Waals surface area contributed by atoms with Crippen LogP contribution in [0.1, 0.15) is 0 Å². The molecular weight excluding hydrogens is 385 g/mol. The van der Waals surface area contributed by atoms with E-state index < -0.39 is 18.9 Å². The Bertz CT molecular complexity index is 6.00. The van der Waals surface area contributed by atoms with Gasteiger partial charge in [0, 0.05) is 0 Å². The zero-order valence-corrected chi connectivity index (χ0v) is 8.21. The van der Waals surface area contributed by atoms with Crippen LogP contribution in [0.25, 0.3) is 0 Å². The molecule has 0 fully saturated rings. The molecule has 24 valence electrons. The van der Waals surface area contributed by atoms with Gasteiger partial charge in [-0.15, -0.1) is 0 Å². The second-order valence-corrected chi connectivity index (χ2v) is 4.31. The second kappa shape index (κ2) is 8.91. The molecule has 0 amide bonds. The van der Waals surface area contributed by atoms with E-state index in [1.54, 1.807) is 0 Å². The first kappa shape index (κ1) is 9.42. The summed E-state index contributed by atoms with van der Waals surface area (Å²) in [5.74, 6) is 0. The van der Waals surface area contributed by atoms with Crippen LogP contribution in [0.2, 0.25) is 0 Å². The minimum Gasteiger partial charge on any atom is 4.00 e. The Kier molecular flexibility index (Phi) is 21.0. The van der Waals surface area contributed by atoms with Crippen molar-refractivity contribution < 1.29 is 21.1 Å². The van der Waals surface area contributed by atoms with Crippen LogP contribution < -0.4 is 0 Å². The van der Waals surface area contributed by atoms with Crippen LogP contribution in [-0.2, 0) is 21.1 Å². The molecule has 4 heavy (non-hydrogen) atoms. The van der Waals surface area contributed by atoms with Crippen LogP contribution >= 0.6 is 17.8 Å². The summed E-state index contributed by atoms with van der Waals surface area (Å²) in [6, 6.07) is 0. The van der Waals surface area contributed by atoms with Gasteiger partial charge in [0.2, 0.25) is 0 Å². The topological polar surface area (TPSA) is 0 Å². The van der Waals surface area contributed by atoms with Crippen molar-refractivity contribution >= 4 is 36.7 Å². The molecule has 0 bridgehead atoms. The van der Waals surface area contributed by atoms with Crippen LogP contribution in [0.5, 0.6) is 0 Å². The Hall–Kier alpha value is 2.07. The van der Waals surface area contributed by atoms with Crippen molar-refractivity contribution in [3.63, 3.8) is 0 Å². The molecule has 0 atom stereocenters. The number of halogens is 2. The normalized spacial score (nSPS) is 4.50. The monoisotopic (exact) mass is 385 g/mol. The summed E-state index contributed by atoms with van der Waals surface area (Å²) >= 11 is -0.826. The summed E-state index contributed by atoms with van der Waals surface area (Å²) in [5.41, 5.74) is 0. The molecule has 0 aliphatic carbocycles. The van der Waals surface area contributed by atoms with Gasteiger partial charge in [0.1, 0.15) is 0 Å². The first-order chi connectivity index (χ1) is 1.41. The minimum absolute atomic E-state index is 0. The van der Waals surface area contributed by atoms with E-state index in [0.717, 1.165) is 0 Å². The van der Waals surface area contributed by atoms with Crippen LogP contribution in [0, 0.1) is 0 Å². The van der Waals surface area contributed by atoms with E-state index in [-0.39, 0.29) is 21.1 Å². The summed E-state index contributed by atoms with van der Waals surface area (Å²) in [7, 11) is 9.87. The number of rotatable bonds is 0. The molecule has 0 saturated carbocycles. The van der Waals surface area contributed by atoms with E-state index in [0.29, 0.717) is 0 Å². The molecule has 2 radical (unpaired) electrons. The fourth-order valence-electron chi connectivity index (χ4n) is 0. The standard InChI is InChI=1S/2ClH.Pt.Sn/h2*1H;;/q;;+4;+2/p-2. The summed E-state index contributed by atoms with van der Waals surface area (Å²) in [6.45, 7) is 0. The molecular formula is Cl2PtSn+4. The van der Waals surface area contributed by atoms with Crippen molar-refractivity contribution in [2.24, 2.45) is 0 Å². The molecule has 0 aliphatic heterocycles. The van der Waals surface area contributed by atoms with Crippen LogP contribution in [0.15, 0.2) is 0 Å². The SMILES string of the molecule is [Cl][Sn][Cl].[Pt+4]. The average molecular weight is 385 g/mol. The summed E-state index contributed by atoms with van der Waals surface area (Å²) < 4.78 is 0. The van der Waals surface area contributed by atoms with Crippen molar-refractivity contribution in [3.05, 3.63) is 0 Å². The van der Waals surface area contributed by atoms with Gasteiger partial charge >= 0.3 is 57.8 Å². The summed E-state index contributed by atoms with van der Waals surface area (Å²) in [4.78, 5) is 0.